The van der Waals surface area contributed by atoms with Gasteiger partial charge in [-0.15, -0.1) is 0 Å². The molecule has 0 radical (unpaired) electrons. The molecule has 0 unspecified atom stereocenters. The first-order chi connectivity index (χ1) is 11.6. The first-order valence-electron chi connectivity index (χ1n) is 7.97. The van der Waals surface area contributed by atoms with Crippen molar-refractivity contribution in [3.05, 3.63) is 57.2 Å². The van der Waals surface area contributed by atoms with E-state index in [-0.39, 0.29) is 5.56 Å². The van der Waals surface area contributed by atoms with E-state index in [0.717, 1.165) is 40.6 Å². The highest BCUT2D eigenvalue weighted by molar-refractivity contribution is 5.77. The first-order valence-corrected chi connectivity index (χ1v) is 7.97. The molecule has 6 nitrogen and oxygen atoms in total. The van der Waals surface area contributed by atoms with Crippen molar-refractivity contribution in [1.29, 1.82) is 0 Å². The van der Waals surface area contributed by atoms with Crippen molar-refractivity contribution < 1.29 is 0 Å². The average molecular weight is 321 g/mol. The molecular formula is C18H19N5O. The predicted octanol–water partition coefficient (Wildman–Crippen LogP) is 0.715. The van der Waals surface area contributed by atoms with Crippen LogP contribution in [0.1, 0.15) is 12.0 Å². The second kappa shape index (κ2) is 5.33. The Hall–Kier alpha value is -2.89. The molecule has 1 aromatic carbocycles. The summed E-state index contributed by atoms with van der Waals surface area (Å²) < 4.78 is 1.57. The Morgan fingerprint density at radius 3 is 2.67 bits per heavy atom. The number of rotatable bonds is 2. The van der Waals surface area contributed by atoms with Gasteiger partial charge in [0.15, 0.2) is 0 Å². The Kier molecular flexibility index (Phi) is 3.26. The Balaban J connectivity index is 2.05. The van der Waals surface area contributed by atoms with E-state index in [4.69, 9.17) is 0 Å². The number of benzene rings is 1. The Labute approximate surface area is 138 Å². The van der Waals surface area contributed by atoms with Crippen molar-refractivity contribution in [2.45, 2.75) is 13.3 Å². The highest BCUT2D eigenvalue weighted by Crippen LogP contribution is 2.10. The fourth-order valence-electron chi connectivity index (χ4n) is 3.18. The van der Waals surface area contributed by atoms with Gasteiger partial charge in [0, 0.05) is 32.8 Å². The molecule has 1 aliphatic heterocycles. The summed E-state index contributed by atoms with van der Waals surface area (Å²) in [4.78, 5) is 27.3. The summed E-state index contributed by atoms with van der Waals surface area (Å²) >= 11 is 0. The first kappa shape index (κ1) is 14.7. The van der Waals surface area contributed by atoms with E-state index in [2.05, 4.69) is 19.9 Å². The molecule has 24 heavy (non-hydrogen) atoms. The largest absolute Gasteiger partial charge is 0.380 e. The fourth-order valence-corrected chi connectivity index (χ4v) is 3.18. The highest BCUT2D eigenvalue weighted by Gasteiger charge is 2.16. The van der Waals surface area contributed by atoms with E-state index < -0.39 is 0 Å². The van der Waals surface area contributed by atoms with E-state index in [1.807, 2.05) is 45.3 Å². The van der Waals surface area contributed by atoms with Crippen LogP contribution in [0.15, 0.2) is 40.4 Å². The zero-order chi connectivity index (χ0) is 16.8. The molecule has 1 aliphatic rings. The normalized spacial score (nSPS) is 13.7. The van der Waals surface area contributed by atoms with E-state index in [1.165, 1.54) is 0 Å². The molecule has 0 bridgehead atoms. The van der Waals surface area contributed by atoms with Crippen molar-refractivity contribution in [2.24, 2.45) is 4.99 Å². The van der Waals surface area contributed by atoms with Gasteiger partial charge in [0.05, 0.1) is 10.9 Å². The third-order valence-corrected chi connectivity index (χ3v) is 4.45. The topological polar surface area (TPSA) is 66.3 Å². The third-order valence-electron chi connectivity index (χ3n) is 4.45. The number of H-pyrrole nitrogens is 1. The second-order valence-corrected chi connectivity index (χ2v) is 6.30. The number of aryl methyl sites for hydroxylation is 1. The Bertz CT molecular complexity index is 1100. The molecule has 0 aliphatic carbocycles. The number of hydrogen-bond acceptors (Lipinski definition) is 4. The lowest BCUT2D eigenvalue weighted by Crippen LogP contribution is -2.34. The Morgan fingerprint density at radius 2 is 1.96 bits per heavy atom. The molecule has 0 amide bonds. The van der Waals surface area contributed by atoms with Crippen LogP contribution in [0.2, 0.25) is 0 Å². The predicted molar refractivity (Wildman–Crippen MR) is 93.8 cm³/mol. The molecule has 0 saturated carbocycles. The van der Waals surface area contributed by atoms with Crippen LogP contribution in [0.4, 0.5) is 0 Å². The molecule has 2 aromatic heterocycles. The minimum atomic E-state index is -0.105. The van der Waals surface area contributed by atoms with Crippen molar-refractivity contribution in [3.8, 4) is 5.69 Å². The van der Waals surface area contributed by atoms with Gasteiger partial charge in [0.2, 0.25) is 0 Å². The molecule has 0 fully saturated rings. The lowest BCUT2D eigenvalue weighted by atomic mass is 10.2. The maximum atomic E-state index is 12.9. The molecule has 0 atom stereocenters. The van der Waals surface area contributed by atoms with Crippen molar-refractivity contribution in [3.63, 3.8) is 0 Å². The van der Waals surface area contributed by atoms with Crippen molar-refractivity contribution in [1.82, 2.24) is 19.4 Å². The van der Waals surface area contributed by atoms with Gasteiger partial charge in [-0.1, -0.05) is 17.7 Å². The lowest BCUT2D eigenvalue weighted by Gasteiger charge is -2.17. The number of nitrogens with zero attached hydrogens (tertiary/aromatic N) is 4. The van der Waals surface area contributed by atoms with E-state index in [0.29, 0.717) is 11.0 Å². The summed E-state index contributed by atoms with van der Waals surface area (Å²) in [5.41, 5.74) is 4.98. The van der Waals surface area contributed by atoms with Gasteiger partial charge in [-0.05, 0) is 19.1 Å². The minimum Gasteiger partial charge on any atom is -0.380 e. The summed E-state index contributed by atoms with van der Waals surface area (Å²) in [5.74, 6) is 0. The summed E-state index contributed by atoms with van der Waals surface area (Å²) in [7, 11) is 4.02. The monoisotopic (exact) mass is 321 g/mol. The summed E-state index contributed by atoms with van der Waals surface area (Å²) in [6.45, 7) is 2.74. The minimum absolute atomic E-state index is 0.105. The summed E-state index contributed by atoms with van der Waals surface area (Å²) in [6, 6.07) is 7.82. The zero-order valence-electron chi connectivity index (χ0n) is 14.0. The number of hydrogen-bond donors (Lipinski definition) is 1. The molecule has 0 saturated heterocycles. The van der Waals surface area contributed by atoms with E-state index >= 15 is 0 Å². The van der Waals surface area contributed by atoms with Gasteiger partial charge in [-0.25, -0.2) is 4.98 Å². The molecule has 6 heteroatoms. The van der Waals surface area contributed by atoms with Crippen LogP contribution < -0.4 is 16.3 Å². The van der Waals surface area contributed by atoms with Crippen LogP contribution >= 0.6 is 0 Å². The van der Waals surface area contributed by atoms with Crippen molar-refractivity contribution >= 4 is 16.7 Å². The van der Waals surface area contributed by atoms with Crippen LogP contribution in [-0.2, 0) is 0 Å². The Morgan fingerprint density at radius 1 is 1.21 bits per heavy atom. The van der Waals surface area contributed by atoms with E-state index in [1.54, 1.807) is 10.9 Å². The third kappa shape index (κ3) is 2.14. The fraction of sp³-hybridized carbons (Fsp3) is 0.278. The van der Waals surface area contributed by atoms with Crippen LogP contribution in [0.5, 0.6) is 0 Å². The molecular weight excluding hydrogens is 302 g/mol. The van der Waals surface area contributed by atoms with E-state index in [9.17, 15) is 4.79 Å². The van der Waals surface area contributed by atoms with Crippen LogP contribution in [0.25, 0.3) is 22.4 Å². The highest BCUT2D eigenvalue weighted by atomic mass is 16.1. The molecule has 3 aromatic rings. The number of aromatic amines is 1. The maximum absolute atomic E-state index is 12.9. The quantitative estimate of drug-likeness (QED) is 0.756. The van der Waals surface area contributed by atoms with Crippen molar-refractivity contribution in [2.75, 3.05) is 20.6 Å². The number of nitrogens with one attached hydrogen (secondary N) is 1. The lowest BCUT2D eigenvalue weighted by molar-refractivity contribution is 0.557. The van der Waals surface area contributed by atoms with Gasteiger partial charge in [-0.3, -0.25) is 14.4 Å². The van der Waals surface area contributed by atoms with Crippen LogP contribution in [0, 0.1) is 6.92 Å². The van der Waals surface area contributed by atoms with Gasteiger partial charge < -0.3 is 9.88 Å². The SMILES string of the molecule is Cc1ccc(-n2cnc3c4c([nH]c3c2=O)=NCCC=4N(C)C)cc1. The van der Waals surface area contributed by atoms with Crippen LogP contribution in [-0.4, -0.2) is 40.1 Å². The molecule has 3 heterocycles. The second-order valence-electron chi connectivity index (χ2n) is 6.30. The molecule has 0 spiro atoms. The van der Waals surface area contributed by atoms with Crippen LogP contribution in [0.3, 0.4) is 0 Å². The summed E-state index contributed by atoms with van der Waals surface area (Å²) in [6.07, 6.45) is 2.46. The smallest absolute Gasteiger partial charge is 0.282 e. The van der Waals surface area contributed by atoms with Gasteiger partial charge in [0.1, 0.15) is 22.8 Å². The van der Waals surface area contributed by atoms with Gasteiger partial charge in [-0.2, -0.15) is 0 Å². The number of aromatic nitrogens is 3. The average Bonchev–Trinajstić information content (AvgIpc) is 2.96. The molecule has 1 N–H and O–H groups in total. The summed E-state index contributed by atoms with van der Waals surface area (Å²) in [5, 5.41) is 0.953. The molecule has 122 valence electrons. The molecule has 4 rings (SSSR count). The number of fused-ring (bicyclic) bond motifs is 3. The zero-order valence-corrected chi connectivity index (χ0v) is 14.0. The van der Waals surface area contributed by atoms with Gasteiger partial charge >= 0.3 is 0 Å². The van der Waals surface area contributed by atoms with Gasteiger partial charge in [0.25, 0.3) is 5.56 Å². The standard InChI is InChI=1S/C18H19N5O/c1-11-4-6-12(7-5-11)23-10-20-15-14-13(22(2)3)8-9-19-17(14)21-16(15)18(23)24/h4-7,10H,8-9H2,1-3H3,(H,19,21). The maximum Gasteiger partial charge on any atom is 0.282 e.